The molecule has 0 aliphatic rings. The first kappa shape index (κ1) is 12.1. The highest BCUT2D eigenvalue weighted by molar-refractivity contribution is 5.67. The highest BCUT2D eigenvalue weighted by Crippen LogP contribution is 2.26. The first-order chi connectivity index (χ1) is 8.70. The molecular weight excluding hydrogens is 230 g/mol. The van der Waals surface area contributed by atoms with Crippen molar-refractivity contribution in [1.82, 2.24) is 0 Å². The van der Waals surface area contributed by atoms with Crippen molar-refractivity contribution in [3.05, 3.63) is 58.6 Å². The molecule has 0 radical (unpaired) electrons. The Morgan fingerprint density at radius 3 is 2.44 bits per heavy atom. The Morgan fingerprint density at radius 1 is 1.11 bits per heavy atom. The van der Waals surface area contributed by atoms with Gasteiger partial charge in [-0.15, -0.1) is 0 Å². The molecule has 0 amide bonds. The van der Waals surface area contributed by atoms with Crippen molar-refractivity contribution in [2.45, 2.75) is 6.92 Å². The van der Waals surface area contributed by atoms with Crippen LogP contribution in [0.4, 0.5) is 5.69 Å². The summed E-state index contributed by atoms with van der Waals surface area (Å²) in [4.78, 5) is 10.3. The van der Waals surface area contributed by atoms with E-state index in [1.54, 1.807) is 12.1 Å². The zero-order chi connectivity index (χ0) is 13.0. The van der Waals surface area contributed by atoms with E-state index in [1.165, 1.54) is 6.07 Å². The summed E-state index contributed by atoms with van der Waals surface area (Å²) in [7, 11) is 0. The lowest BCUT2D eigenvalue weighted by molar-refractivity contribution is -0.384. The topological polar surface area (TPSA) is 52.4 Å². The third-order valence-electron chi connectivity index (χ3n) is 2.54. The average molecular weight is 243 g/mol. The van der Waals surface area contributed by atoms with Gasteiger partial charge in [-0.25, -0.2) is 0 Å². The van der Waals surface area contributed by atoms with E-state index in [1.807, 2.05) is 37.3 Å². The maximum absolute atomic E-state index is 10.7. The third-order valence-corrected chi connectivity index (χ3v) is 2.54. The fraction of sp³-hybridized carbons (Fsp3) is 0.143. The molecule has 0 N–H and O–H groups in total. The third kappa shape index (κ3) is 2.66. The van der Waals surface area contributed by atoms with Gasteiger partial charge in [0.15, 0.2) is 0 Å². The number of nitro benzene ring substituents is 1. The smallest absolute Gasteiger partial charge is 0.270 e. The van der Waals surface area contributed by atoms with Crippen LogP contribution in [-0.2, 0) is 0 Å². The van der Waals surface area contributed by atoms with Gasteiger partial charge < -0.3 is 4.74 Å². The van der Waals surface area contributed by atoms with Crippen LogP contribution < -0.4 is 4.74 Å². The van der Waals surface area contributed by atoms with Crippen molar-refractivity contribution >= 4 is 5.69 Å². The number of nitrogens with zero attached hydrogens (tertiary/aromatic N) is 1. The number of hydrogen-bond donors (Lipinski definition) is 0. The highest BCUT2D eigenvalue weighted by Gasteiger charge is 2.07. The Hall–Kier alpha value is -2.36. The lowest BCUT2D eigenvalue weighted by Crippen LogP contribution is -1.91. The molecule has 0 unspecified atom stereocenters. The quantitative estimate of drug-likeness (QED) is 0.608. The summed E-state index contributed by atoms with van der Waals surface area (Å²) < 4.78 is 5.41. The predicted octanol–water partition coefficient (Wildman–Crippen LogP) is 3.66. The maximum atomic E-state index is 10.7. The fourth-order valence-corrected chi connectivity index (χ4v) is 1.73. The molecule has 0 fully saturated rings. The molecule has 4 nitrogen and oxygen atoms in total. The molecule has 0 spiro atoms. The van der Waals surface area contributed by atoms with Gasteiger partial charge in [-0.2, -0.15) is 0 Å². The van der Waals surface area contributed by atoms with Crippen molar-refractivity contribution in [2.75, 3.05) is 6.61 Å². The molecular formula is C14H13NO3. The SMILES string of the molecule is CCOc1cccc(-c2cccc([N+](=O)[O-])c2)c1. The molecule has 4 heteroatoms. The van der Waals surface area contributed by atoms with E-state index in [0.717, 1.165) is 16.9 Å². The van der Waals surface area contributed by atoms with Crippen LogP contribution in [-0.4, -0.2) is 11.5 Å². The summed E-state index contributed by atoms with van der Waals surface area (Å²) in [6.07, 6.45) is 0. The second kappa shape index (κ2) is 5.31. The van der Waals surface area contributed by atoms with E-state index in [0.29, 0.717) is 6.61 Å². The monoisotopic (exact) mass is 243 g/mol. The summed E-state index contributed by atoms with van der Waals surface area (Å²) in [6.45, 7) is 2.51. The Balaban J connectivity index is 2.38. The van der Waals surface area contributed by atoms with Crippen molar-refractivity contribution in [3.63, 3.8) is 0 Å². The molecule has 18 heavy (non-hydrogen) atoms. The normalized spacial score (nSPS) is 10.1. The van der Waals surface area contributed by atoms with Gasteiger partial charge in [-0.05, 0) is 30.2 Å². The zero-order valence-corrected chi connectivity index (χ0v) is 10.00. The van der Waals surface area contributed by atoms with Crippen molar-refractivity contribution < 1.29 is 9.66 Å². The van der Waals surface area contributed by atoms with Crippen molar-refractivity contribution in [1.29, 1.82) is 0 Å². The molecule has 0 saturated heterocycles. The van der Waals surface area contributed by atoms with E-state index in [9.17, 15) is 10.1 Å². The fourth-order valence-electron chi connectivity index (χ4n) is 1.73. The lowest BCUT2D eigenvalue weighted by atomic mass is 10.1. The van der Waals surface area contributed by atoms with Gasteiger partial charge in [0.2, 0.25) is 0 Å². The molecule has 0 atom stereocenters. The number of non-ortho nitro benzene ring substituents is 1. The second-order valence-corrected chi connectivity index (χ2v) is 3.77. The molecule has 0 heterocycles. The van der Waals surface area contributed by atoms with Gasteiger partial charge >= 0.3 is 0 Å². The Bertz CT molecular complexity index is 566. The van der Waals surface area contributed by atoms with E-state index in [4.69, 9.17) is 4.74 Å². The number of ether oxygens (including phenoxy) is 1. The highest BCUT2D eigenvalue weighted by atomic mass is 16.6. The lowest BCUT2D eigenvalue weighted by Gasteiger charge is -2.06. The van der Waals surface area contributed by atoms with Crippen LogP contribution in [0.25, 0.3) is 11.1 Å². The summed E-state index contributed by atoms with van der Waals surface area (Å²) in [6, 6.07) is 14.1. The molecule has 0 aliphatic heterocycles. The number of benzene rings is 2. The Kier molecular flexibility index (Phi) is 3.57. The summed E-state index contributed by atoms with van der Waals surface area (Å²) >= 11 is 0. The largest absolute Gasteiger partial charge is 0.494 e. The minimum absolute atomic E-state index is 0.0920. The van der Waals surface area contributed by atoms with Crippen LogP contribution in [0, 0.1) is 10.1 Å². The van der Waals surface area contributed by atoms with Crippen LogP contribution in [0.5, 0.6) is 5.75 Å². The van der Waals surface area contributed by atoms with E-state index < -0.39 is 4.92 Å². The van der Waals surface area contributed by atoms with Crippen LogP contribution in [0.3, 0.4) is 0 Å². The van der Waals surface area contributed by atoms with Gasteiger partial charge in [-0.1, -0.05) is 24.3 Å². The molecule has 0 aromatic heterocycles. The molecule has 0 bridgehead atoms. The zero-order valence-electron chi connectivity index (χ0n) is 10.00. The summed E-state index contributed by atoms with van der Waals surface area (Å²) in [5.41, 5.74) is 1.81. The molecule has 0 saturated carbocycles. The van der Waals surface area contributed by atoms with Gasteiger partial charge in [0, 0.05) is 12.1 Å². The van der Waals surface area contributed by atoms with E-state index in [-0.39, 0.29) is 5.69 Å². The van der Waals surface area contributed by atoms with Crippen LogP contribution in [0.15, 0.2) is 48.5 Å². The molecule has 2 rings (SSSR count). The Labute approximate surface area is 105 Å². The van der Waals surface area contributed by atoms with Crippen molar-refractivity contribution in [3.8, 4) is 16.9 Å². The van der Waals surface area contributed by atoms with Crippen LogP contribution >= 0.6 is 0 Å². The Morgan fingerprint density at radius 2 is 1.78 bits per heavy atom. The van der Waals surface area contributed by atoms with E-state index >= 15 is 0 Å². The standard InChI is InChI=1S/C14H13NO3/c1-2-18-14-8-4-6-12(10-14)11-5-3-7-13(9-11)15(16)17/h3-10H,2H2,1H3. The second-order valence-electron chi connectivity index (χ2n) is 3.77. The average Bonchev–Trinajstić information content (AvgIpc) is 2.39. The van der Waals surface area contributed by atoms with Crippen LogP contribution in [0.1, 0.15) is 6.92 Å². The molecule has 2 aromatic rings. The van der Waals surface area contributed by atoms with Crippen LogP contribution in [0.2, 0.25) is 0 Å². The van der Waals surface area contributed by atoms with Gasteiger partial charge in [-0.3, -0.25) is 10.1 Å². The van der Waals surface area contributed by atoms with E-state index in [2.05, 4.69) is 0 Å². The molecule has 92 valence electrons. The molecule has 2 aromatic carbocycles. The summed E-state index contributed by atoms with van der Waals surface area (Å²) in [5, 5.41) is 10.7. The molecule has 0 aliphatic carbocycles. The predicted molar refractivity (Wildman–Crippen MR) is 69.7 cm³/mol. The maximum Gasteiger partial charge on any atom is 0.270 e. The first-order valence-electron chi connectivity index (χ1n) is 5.68. The van der Waals surface area contributed by atoms with Gasteiger partial charge in [0.05, 0.1) is 11.5 Å². The first-order valence-corrected chi connectivity index (χ1v) is 5.68. The minimum Gasteiger partial charge on any atom is -0.494 e. The number of nitro groups is 1. The van der Waals surface area contributed by atoms with Crippen molar-refractivity contribution in [2.24, 2.45) is 0 Å². The van der Waals surface area contributed by atoms with Gasteiger partial charge in [0.25, 0.3) is 5.69 Å². The number of hydrogen-bond acceptors (Lipinski definition) is 3. The van der Waals surface area contributed by atoms with Gasteiger partial charge in [0.1, 0.15) is 5.75 Å². The minimum atomic E-state index is -0.393. The number of rotatable bonds is 4. The summed E-state index contributed by atoms with van der Waals surface area (Å²) in [5.74, 6) is 0.765.